The minimum Gasteiger partial charge on any atom is -0.352 e. The third-order valence-corrected chi connectivity index (χ3v) is 6.38. The predicted octanol–water partition coefficient (Wildman–Crippen LogP) is 2.92. The highest BCUT2D eigenvalue weighted by atomic mass is 32.1. The zero-order chi connectivity index (χ0) is 19.3. The Balaban J connectivity index is 1.22. The first kappa shape index (κ1) is 19.0. The maximum atomic E-state index is 12.4. The molecule has 6 nitrogen and oxygen atoms in total. The summed E-state index contributed by atoms with van der Waals surface area (Å²) in [5.41, 5.74) is 1.46. The number of hydrogen-bond donors (Lipinski definition) is 2. The number of carbonyl (C=O) groups is 2. The molecule has 0 unspecified atom stereocenters. The van der Waals surface area contributed by atoms with Gasteiger partial charge in [0.05, 0.1) is 0 Å². The van der Waals surface area contributed by atoms with Crippen LogP contribution in [0.3, 0.4) is 0 Å². The molecule has 3 heterocycles. The van der Waals surface area contributed by atoms with Gasteiger partial charge in [-0.2, -0.15) is 0 Å². The Bertz CT molecular complexity index is 798. The minimum absolute atomic E-state index is 0.0431. The van der Waals surface area contributed by atoms with Crippen molar-refractivity contribution in [2.45, 2.75) is 19.4 Å². The van der Waals surface area contributed by atoms with E-state index in [2.05, 4.69) is 33.0 Å². The Morgan fingerprint density at radius 1 is 1.14 bits per heavy atom. The fraction of sp³-hybridized carbons (Fsp3) is 0.429. The van der Waals surface area contributed by atoms with Crippen molar-refractivity contribution in [2.75, 3.05) is 37.6 Å². The van der Waals surface area contributed by atoms with Crippen molar-refractivity contribution < 1.29 is 9.59 Å². The minimum atomic E-state index is -0.0809. The Hall–Kier alpha value is -2.38. The molecule has 2 fully saturated rings. The lowest BCUT2D eigenvalue weighted by Crippen LogP contribution is -2.38. The monoisotopic (exact) mass is 398 g/mol. The molecular weight excluding hydrogens is 372 g/mol. The van der Waals surface area contributed by atoms with Gasteiger partial charge in [-0.15, -0.1) is 11.3 Å². The average Bonchev–Trinajstić information content (AvgIpc) is 3.39. The Labute approximate surface area is 169 Å². The highest BCUT2D eigenvalue weighted by Crippen LogP contribution is 2.21. The number of piperidine rings is 1. The molecule has 7 heteroatoms. The van der Waals surface area contributed by atoms with Crippen molar-refractivity contribution in [1.29, 1.82) is 0 Å². The number of amides is 3. The number of nitrogens with zero attached hydrogens (tertiary/aromatic N) is 2. The van der Waals surface area contributed by atoms with E-state index in [-0.39, 0.29) is 11.9 Å². The van der Waals surface area contributed by atoms with Gasteiger partial charge >= 0.3 is 6.03 Å². The van der Waals surface area contributed by atoms with E-state index in [0.29, 0.717) is 24.6 Å². The SMILES string of the molecule is O=C(NCC1CCN(Cc2cccs2)CC1)c1ccc(N2CCNC2=O)cc1. The van der Waals surface area contributed by atoms with Crippen molar-refractivity contribution in [2.24, 2.45) is 5.92 Å². The van der Waals surface area contributed by atoms with Gasteiger partial charge in [0.25, 0.3) is 5.91 Å². The summed E-state index contributed by atoms with van der Waals surface area (Å²) in [5, 5.41) is 7.99. The molecular formula is C21H26N4O2S. The molecule has 0 saturated carbocycles. The van der Waals surface area contributed by atoms with E-state index in [1.165, 1.54) is 4.88 Å². The number of thiophene rings is 1. The van der Waals surface area contributed by atoms with Crippen LogP contribution in [0.2, 0.25) is 0 Å². The number of nitrogens with one attached hydrogen (secondary N) is 2. The molecule has 3 amide bonds. The number of likely N-dealkylation sites (tertiary alicyclic amines) is 1. The molecule has 4 rings (SSSR count). The van der Waals surface area contributed by atoms with Gasteiger partial charge in [-0.05, 0) is 67.6 Å². The molecule has 1 aromatic heterocycles. The Kier molecular flexibility index (Phi) is 5.92. The summed E-state index contributed by atoms with van der Waals surface area (Å²) in [5.74, 6) is 0.495. The summed E-state index contributed by atoms with van der Waals surface area (Å²) in [6.07, 6.45) is 2.24. The van der Waals surface area contributed by atoms with Gasteiger partial charge in [0.2, 0.25) is 0 Å². The van der Waals surface area contributed by atoms with Gasteiger partial charge in [-0.3, -0.25) is 14.6 Å². The zero-order valence-electron chi connectivity index (χ0n) is 15.9. The maximum absolute atomic E-state index is 12.4. The summed E-state index contributed by atoms with van der Waals surface area (Å²) in [6, 6.07) is 11.5. The normalized spacial score (nSPS) is 18.3. The molecule has 2 aliphatic heterocycles. The number of urea groups is 1. The Morgan fingerprint density at radius 2 is 1.93 bits per heavy atom. The molecule has 1 aromatic carbocycles. The fourth-order valence-corrected chi connectivity index (χ4v) is 4.57. The summed E-state index contributed by atoms with van der Waals surface area (Å²) in [6.45, 7) is 5.26. The first-order valence-electron chi connectivity index (χ1n) is 9.87. The van der Waals surface area contributed by atoms with Crippen LogP contribution in [0.4, 0.5) is 10.5 Å². The third-order valence-electron chi connectivity index (χ3n) is 5.52. The van der Waals surface area contributed by atoms with E-state index in [9.17, 15) is 9.59 Å². The van der Waals surface area contributed by atoms with Crippen molar-refractivity contribution in [1.82, 2.24) is 15.5 Å². The van der Waals surface area contributed by atoms with Gasteiger partial charge in [0, 0.05) is 42.3 Å². The molecule has 2 aliphatic rings. The van der Waals surface area contributed by atoms with Gasteiger partial charge in [0.1, 0.15) is 0 Å². The molecule has 28 heavy (non-hydrogen) atoms. The molecule has 0 radical (unpaired) electrons. The summed E-state index contributed by atoms with van der Waals surface area (Å²) < 4.78 is 0. The number of hydrogen-bond acceptors (Lipinski definition) is 4. The van der Waals surface area contributed by atoms with Crippen LogP contribution in [-0.4, -0.2) is 49.6 Å². The van der Waals surface area contributed by atoms with E-state index >= 15 is 0 Å². The number of carbonyl (C=O) groups excluding carboxylic acids is 2. The molecule has 0 aliphatic carbocycles. The first-order chi connectivity index (χ1) is 13.7. The van der Waals surface area contributed by atoms with Crippen LogP contribution in [0.1, 0.15) is 28.1 Å². The molecule has 148 valence electrons. The predicted molar refractivity (Wildman–Crippen MR) is 112 cm³/mol. The average molecular weight is 399 g/mol. The second-order valence-corrected chi connectivity index (χ2v) is 8.47. The van der Waals surface area contributed by atoms with Crippen LogP contribution < -0.4 is 15.5 Å². The van der Waals surface area contributed by atoms with Gasteiger partial charge in [-0.1, -0.05) is 6.07 Å². The van der Waals surface area contributed by atoms with Crippen LogP contribution in [0.5, 0.6) is 0 Å². The Morgan fingerprint density at radius 3 is 2.57 bits per heavy atom. The number of benzene rings is 1. The lowest BCUT2D eigenvalue weighted by atomic mass is 9.96. The van der Waals surface area contributed by atoms with Crippen LogP contribution in [0.15, 0.2) is 41.8 Å². The van der Waals surface area contributed by atoms with Crippen LogP contribution in [-0.2, 0) is 6.54 Å². The molecule has 2 saturated heterocycles. The second-order valence-electron chi connectivity index (χ2n) is 7.44. The smallest absolute Gasteiger partial charge is 0.321 e. The summed E-state index contributed by atoms with van der Waals surface area (Å²) >= 11 is 1.81. The molecule has 0 spiro atoms. The molecule has 2 N–H and O–H groups in total. The largest absolute Gasteiger partial charge is 0.352 e. The van der Waals surface area contributed by atoms with Gasteiger partial charge < -0.3 is 10.6 Å². The zero-order valence-corrected chi connectivity index (χ0v) is 16.7. The van der Waals surface area contributed by atoms with Crippen LogP contribution in [0.25, 0.3) is 0 Å². The van der Waals surface area contributed by atoms with E-state index in [1.54, 1.807) is 17.0 Å². The van der Waals surface area contributed by atoms with E-state index in [4.69, 9.17) is 0 Å². The highest BCUT2D eigenvalue weighted by molar-refractivity contribution is 7.09. The van der Waals surface area contributed by atoms with Crippen molar-refractivity contribution in [3.8, 4) is 0 Å². The van der Waals surface area contributed by atoms with E-state index in [0.717, 1.165) is 44.7 Å². The standard InChI is InChI=1S/C21H26N4O2S/c26-20(17-3-5-18(6-4-17)25-12-9-22-21(25)27)23-14-16-7-10-24(11-8-16)15-19-2-1-13-28-19/h1-6,13,16H,7-12,14-15H2,(H,22,27)(H,23,26). The van der Waals surface area contributed by atoms with Gasteiger partial charge in [0.15, 0.2) is 0 Å². The number of rotatable bonds is 6. The van der Waals surface area contributed by atoms with Gasteiger partial charge in [-0.25, -0.2) is 4.79 Å². The highest BCUT2D eigenvalue weighted by Gasteiger charge is 2.22. The lowest BCUT2D eigenvalue weighted by molar-refractivity contribution is 0.0935. The lowest BCUT2D eigenvalue weighted by Gasteiger charge is -2.31. The van der Waals surface area contributed by atoms with Crippen LogP contribution >= 0.6 is 11.3 Å². The van der Waals surface area contributed by atoms with E-state index in [1.807, 2.05) is 23.5 Å². The topological polar surface area (TPSA) is 64.7 Å². The van der Waals surface area contributed by atoms with Crippen molar-refractivity contribution in [3.05, 3.63) is 52.2 Å². The molecule has 0 bridgehead atoms. The maximum Gasteiger partial charge on any atom is 0.321 e. The molecule has 2 aromatic rings. The fourth-order valence-electron chi connectivity index (χ4n) is 3.82. The first-order valence-corrected chi connectivity index (χ1v) is 10.8. The van der Waals surface area contributed by atoms with Crippen LogP contribution in [0, 0.1) is 5.92 Å². The quantitative estimate of drug-likeness (QED) is 0.786. The van der Waals surface area contributed by atoms with Crippen molar-refractivity contribution >= 4 is 29.0 Å². The molecule has 0 atom stereocenters. The number of anilines is 1. The summed E-state index contributed by atoms with van der Waals surface area (Å²) in [4.78, 5) is 29.8. The summed E-state index contributed by atoms with van der Waals surface area (Å²) in [7, 11) is 0. The second kappa shape index (κ2) is 8.75. The van der Waals surface area contributed by atoms with E-state index < -0.39 is 0 Å². The third kappa shape index (κ3) is 4.54. The van der Waals surface area contributed by atoms with Crippen molar-refractivity contribution in [3.63, 3.8) is 0 Å².